The first-order valence-corrected chi connectivity index (χ1v) is 3.32. The molecule has 2 radical (unpaired) electrons. The molecule has 1 heteroatoms. The molecule has 0 aromatic heterocycles. The normalized spacial score (nSPS) is 34.8. The molecule has 2 rings (SSSR count). The summed E-state index contributed by atoms with van der Waals surface area (Å²) in [5, 5.41) is 0. The molecule has 0 saturated heterocycles. The number of rotatable bonds is 0. The van der Waals surface area contributed by atoms with Crippen LogP contribution in [-0.2, 0) is 0 Å². The maximum Gasteiger partial charge on any atom is 0.107 e. The second kappa shape index (κ2) is 1.40. The van der Waals surface area contributed by atoms with Crippen molar-refractivity contribution >= 4 is 7.85 Å². The highest BCUT2D eigenvalue weighted by molar-refractivity contribution is 6.22. The summed E-state index contributed by atoms with van der Waals surface area (Å²) in [6.07, 6.45) is 5.24. The molecule has 0 spiro atoms. The molecule has 1 saturated carbocycles. The molecule has 2 aliphatic carbocycles. The van der Waals surface area contributed by atoms with Crippen molar-refractivity contribution in [1.29, 1.82) is 0 Å². The molecule has 40 valence electrons. The molecule has 0 amide bonds. The highest BCUT2D eigenvalue weighted by Gasteiger charge is 2.26. The monoisotopic (exact) mass is 104 g/mol. The number of hydrogen-bond donors (Lipinski definition) is 0. The van der Waals surface area contributed by atoms with Gasteiger partial charge in [0, 0.05) is 0 Å². The van der Waals surface area contributed by atoms with E-state index in [2.05, 4.69) is 0 Å². The zero-order chi connectivity index (χ0) is 5.56. The molecule has 0 nitrogen and oxygen atoms in total. The third kappa shape index (κ3) is 0.475. The molecule has 0 N–H and O–H groups in total. The van der Waals surface area contributed by atoms with Crippen LogP contribution >= 0.6 is 0 Å². The molecule has 0 aromatic carbocycles. The van der Waals surface area contributed by atoms with Gasteiger partial charge >= 0.3 is 0 Å². The fraction of sp³-hybridized carbons (Fsp3) is 0.714. The molecule has 0 aliphatic heterocycles. The van der Waals surface area contributed by atoms with Crippen molar-refractivity contribution in [3.8, 4) is 0 Å². The Hall–Kier alpha value is -0.195. The number of fused-ring (bicyclic) bond motifs is 2. The lowest BCUT2D eigenvalue weighted by atomic mass is 9.86. The van der Waals surface area contributed by atoms with Crippen LogP contribution in [0.4, 0.5) is 0 Å². The van der Waals surface area contributed by atoms with Gasteiger partial charge in [-0.2, -0.15) is 0 Å². The molecular weight excluding hydrogens is 94.9 g/mol. The Labute approximate surface area is 51.4 Å². The Balaban J connectivity index is 2.33. The minimum Gasteiger partial charge on any atom is -0.118 e. The molecule has 0 aromatic rings. The van der Waals surface area contributed by atoms with Gasteiger partial charge in [-0.15, -0.1) is 5.47 Å². The quantitative estimate of drug-likeness (QED) is 0.409. The van der Waals surface area contributed by atoms with E-state index in [4.69, 9.17) is 7.85 Å². The average molecular weight is 104 g/mol. The van der Waals surface area contributed by atoms with Crippen LogP contribution in [0.1, 0.15) is 25.7 Å². The van der Waals surface area contributed by atoms with Gasteiger partial charge in [0.05, 0.1) is 0 Å². The van der Waals surface area contributed by atoms with Crippen LogP contribution in [0.5, 0.6) is 0 Å². The van der Waals surface area contributed by atoms with Crippen molar-refractivity contribution in [3.05, 3.63) is 11.0 Å². The van der Waals surface area contributed by atoms with Gasteiger partial charge in [-0.05, 0) is 31.6 Å². The van der Waals surface area contributed by atoms with Crippen molar-refractivity contribution in [1.82, 2.24) is 0 Å². The number of hydrogen-bond acceptors (Lipinski definition) is 0. The van der Waals surface area contributed by atoms with Gasteiger partial charge in [0.15, 0.2) is 0 Å². The van der Waals surface area contributed by atoms with E-state index in [1.807, 2.05) is 0 Å². The minimum atomic E-state index is 0.949. The Kier molecular flexibility index (Phi) is 0.815. The van der Waals surface area contributed by atoms with Crippen molar-refractivity contribution in [2.24, 2.45) is 5.92 Å². The second-order valence-corrected chi connectivity index (χ2v) is 2.94. The van der Waals surface area contributed by atoms with Gasteiger partial charge < -0.3 is 0 Å². The Morgan fingerprint density at radius 1 is 1.38 bits per heavy atom. The third-order valence-corrected chi connectivity index (χ3v) is 2.35. The number of allylic oxidation sites excluding steroid dienone is 2. The van der Waals surface area contributed by atoms with Gasteiger partial charge in [0.25, 0.3) is 0 Å². The molecular formula is C7H9B. The third-order valence-electron chi connectivity index (χ3n) is 2.35. The van der Waals surface area contributed by atoms with Gasteiger partial charge in [-0.3, -0.25) is 0 Å². The van der Waals surface area contributed by atoms with E-state index in [-0.39, 0.29) is 0 Å². The van der Waals surface area contributed by atoms with Gasteiger partial charge in [0.1, 0.15) is 7.85 Å². The van der Waals surface area contributed by atoms with Gasteiger partial charge in [-0.25, -0.2) is 0 Å². The fourth-order valence-electron chi connectivity index (χ4n) is 1.85. The zero-order valence-corrected chi connectivity index (χ0v) is 4.98. The molecule has 1 atom stereocenters. The molecule has 8 heavy (non-hydrogen) atoms. The topological polar surface area (TPSA) is 0 Å². The lowest BCUT2D eigenvalue weighted by Gasteiger charge is -2.05. The highest BCUT2D eigenvalue weighted by atomic mass is 14.3. The summed E-state index contributed by atoms with van der Waals surface area (Å²) in [6.45, 7) is 0. The standard InChI is InChI=1S/C7H9B/c8-7-4-5-1-2-6(7)3-5/h5H,1-4H2. The molecule has 1 fully saturated rings. The molecule has 2 bridgehead atoms. The SMILES string of the molecule is [B]C1=C2CCC(C1)C2. The first-order chi connectivity index (χ1) is 3.86. The Morgan fingerprint density at radius 3 is 2.50 bits per heavy atom. The highest BCUT2D eigenvalue weighted by Crippen LogP contribution is 2.42. The van der Waals surface area contributed by atoms with E-state index in [9.17, 15) is 0 Å². The van der Waals surface area contributed by atoms with Crippen molar-refractivity contribution < 1.29 is 0 Å². The Bertz CT molecular complexity index is 144. The molecule has 1 unspecified atom stereocenters. The van der Waals surface area contributed by atoms with Crippen molar-refractivity contribution in [2.45, 2.75) is 25.7 Å². The van der Waals surface area contributed by atoms with Crippen LogP contribution < -0.4 is 0 Å². The van der Waals surface area contributed by atoms with E-state index >= 15 is 0 Å². The molecule has 2 aliphatic rings. The van der Waals surface area contributed by atoms with Crippen molar-refractivity contribution in [3.63, 3.8) is 0 Å². The van der Waals surface area contributed by atoms with E-state index in [0.717, 1.165) is 5.92 Å². The van der Waals surface area contributed by atoms with Crippen LogP contribution in [0.15, 0.2) is 11.0 Å². The van der Waals surface area contributed by atoms with Crippen LogP contribution in [-0.4, -0.2) is 7.85 Å². The lowest BCUT2D eigenvalue weighted by molar-refractivity contribution is 0.572. The van der Waals surface area contributed by atoms with Crippen LogP contribution in [0.2, 0.25) is 0 Å². The van der Waals surface area contributed by atoms with E-state index < -0.39 is 0 Å². The summed E-state index contributed by atoms with van der Waals surface area (Å²) in [5.74, 6) is 0.949. The fourth-order valence-corrected chi connectivity index (χ4v) is 1.85. The smallest absolute Gasteiger partial charge is 0.107 e. The zero-order valence-electron chi connectivity index (χ0n) is 4.98. The summed E-state index contributed by atoms with van der Waals surface area (Å²) in [4.78, 5) is 0. The first-order valence-electron chi connectivity index (χ1n) is 3.32. The first kappa shape index (κ1) is 4.66. The minimum absolute atomic E-state index is 0.949. The maximum absolute atomic E-state index is 5.70. The van der Waals surface area contributed by atoms with Gasteiger partial charge in [0.2, 0.25) is 0 Å². The van der Waals surface area contributed by atoms with Crippen LogP contribution in [0.3, 0.4) is 0 Å². The summed E-state index contributed by atoms with van der Waals surface area (Å²) < 4.78 is 0. The predicted molar refractivity (Wildman–Crippen MR) is 34.7 cm³/mol. The van der Waals surface area contributed by atoms with Gasteiger partial charge in [-0.1, -0.05) is 5.57 Å². The summed E-state index contributed by atoms with van der Waals surface area (Å²) in [5.41, 5.74) is 2.77. The summed E-state index contributed by atoms with van der Waals surface area (Å²) in [7, 11) is 5.70. The largest absolute Gasteiger partial charge is 0.118 e. The average Bonchev–Trinajstić information content (AvgIpc) is 2.23. The molecule has 0 heterocycles. The van der Waals surface area contributed by atoms with Crippen molar-refractivity contribution in [2.75, 3.05) is 0 Å². The second-order valence-electron chi connectivity index (χ2n) is 2.94. The van der Waals surface area contributed by atoms with E-state index in [0.29, 0.717) is 0 Å². The Morgan fingerprint density at radius 2 is 2.25 bits per heavy atom. The maximum atomic E-state index is 5.70. The van der Waals surface area contributed by atoms with E-state index in [1.165, 1.54) is 31.2 Å². The van der Waals surface area contributed by atoms with E-state index in [1.54, 1.807) is 5.57 Å². The summed E-state index contributed by atoms with van der Waals surface area (Å²) >= 11 is 0. The predicted octanol–water partition coefficient (Wildman–Crippen LogP) is 1.61. The lowest BCUT2D eigenvalue weighted by Crippen LogP contribution is -1.92. The summed E-state index contributed by atoms with van der Waals surface area (Å²) in [6, 6.07) is 0. The van der Waals surface area contributed by atoms with Crippen LogP contribution in [0, 0.1) is 5.92 Å². The van der Waals surface area contributed by atoms with Crippen LogP contribution in [0.25, 0.3) is 0 Å².